The smallest absolute Gasteiger partial charge is 0.410 e. The van der Waals surface area contributed by atoms with E-state index in [0.29, 0.717) is 23.3 Å². The molecule has 1 heterocycles. The van der Waals surface area contributed by atoms with Crippen LogP contribution in [0.4, 0.5) is 4.79 Å². The van der Waals surface area contributed by atoms with Crippen molar-refractivity contribution >= 4 is 27.9 Å². The number of likely N-dealkylation sites (N-methyl/N-ethyl adjacent to an activating group) is 1. The van der Waals surface area contributed by atoms with E-state index in [1.165, 1.54) is 4.90 Å². The SMILES string of the molecule is CN(CCNC(=O)c1ccnc(Br)c1)C(=O)OC(C)(C)C. The van der Waals surface area contributed by atoms with Crippen molar-refractivity contribution in [1.82, 2.24) is 15.2 Å². The maximum absolute atomic E-state index is 11.9. The maximum atomic E-state index is 11.9. The molecule has 0 aliphatic carbocycles. The lowest BCUT2D eigenvalue weighted by Crippen LogP contribution is -2.39. The second kappa shape index (κ2) is 7.40. The highest BCUT2D eigenvalue weighted by molar-refractivity contribution is 9.10. The number of carbonyl (C=O) groups excluding carboxylic acids is 2. The number of hydrogen-bond donors (Lipinski definition) is 1. The largest absolute Gasteiger partial charge is 0.444 e. The third kappa shape index (κ3) is 6.57. The molecular weight excluding hydrogens is 338 g/mol. The molecule has 1 N–H and O–H groups in total. The molecule has 0 saturated carbocycles. The summed E-state index contributed by atoms with van der Waals surface area (Å²) >= 11 is 3.21. The lowest BCUT2D eigenvalue weighted by molar-refractivity contribution is 0.0299. The van der Waals surface area contributed by atoms with Gasteiger partial charge in [0, 0.05) is 31.9 Å². The summed E-state index contributed by atoms with van der Waals surface area (Å²) in [5.74, 6) is -0.212. The van der Waals surface area contributed by atoms with Crippen LogP contribution in [0.3, 0.4) is 0 Å². The minimum Gasteiger partial charge on any atom is -0.444 e. The van der Waals surface area contributed by atoms with Crippen molar-refractivity contribution < 1.29 is 14.3 Å². The predicted octanol–water partition coefficient (Wildman–Crippen LogP) is 2.44. The molecule has 21 heavy (non-hydrogen) atoms. The van der Waals surface area contributed by atoms with E-state index in [4.69, 9.17) is 4.74 Å². The summed E-state index contributed by atoms with van der Waals surface area (Å²) in [5, 5.41) is 2.74. The molecule has 1 aromatic rings. The first kappa shape index (κ1) is 17.4. The number of nitrogens with one attached hydrogen (secondary N) is 1. The Morgan fingerprint density at radius 3 is 2.67 bits per heavy atom. The van der Waals surface area contributed by atoms with E-state index in [9.17, 15) is 9.59 Å². The quantitative estimate of drug-likeness (QED) is 0.840. The molecule has 0 aliphatic heterocycles. The second-order valence-electron chi connectivity index (χ2n) is 5.53. The van der Waals surface area contributed by atoms with Crippen molar-refractivity contribution in [2.45, 2.75) is 26.4 Å². The van der Waals surface area contributed by atoms with Gasteiger partial charge in [-0.2, -0.15) is 0 Å². The van der Waals surface area contributed by atoms with Gasteiger partial charge in [-0.05, 0) is 48.8 Å². The fourth-order valence-corrected chi connectivity index (χ4v) is 1.78. The highest BCUT2D eigenvalue weighted by Crippen LogP contribution is 2.09. The number of halogens is 1. The van der Waals surface area contributed by atoms with Gasteiger partial charge in [-0.1, -0.05) is 0 Å². The average molecular weight is 358 g/mol. The van der Waals surface area contributed by atoms with E-state index in [-0.39, 0.29) is 5.91 Å². The van der Waals surface area contributed by atoms with Crippen LogP contribution in [0.5, 0.6) is 0 Å². The zero-order valence-electron chi connectivity index (χ0n) is 12.6. The Bertz CT molecular complexity index is 514. The first-order chi connectivity index (χ1) is 9.69. The van der Waals surface area contributed by atoms with Crippen LogP contribution in [0.1, 0.15) is 31.1 Å². The van der Waals surface area contributed by atoms with Gasteiger partial charge in [0.15, 0.2) is 0 Å². The van der Waals surface area contributed by atoms with E-state index in [1.807, 2.05) is 20.8 Å². The fourth-order valence-electron chi connectivity index (χ4n) is 1.41. The molecule has 0 spiro atoms. The molecule has 0 fully saturated rings. The molecule has 1 rings (SSSR count). The number of pyridine rings is 1. The van der Waals surface area contributed by atoms with Gasteiger partial charge in [-0.25, -0.2) is 9.78 Å². The van der Waals surface area contributed by atoms with Crippen molar-refractivity contribution in [3.8, 4) is 0 Å². The van der Waals surface area contributed by atoms with Crippen LogP contribution in [-0.4, -0.2) is 47.6 Å². The van der Waals surface area contributed by atoms with E-state index in [0.717, 1.165) is 0 Å². The van der Waals surface area contributed by atoms with Gasteiger partial charge in [0.1, 0.15) is 10.2 Å². The van der Waals surface area contributed by atoms with Gasteiger partial charge in [-0.15, -0.1) is 0 Å². The predicted molar refractivity (Wildman–Crippen MR) is 83.1 cm³/mol. The first-order valence-electron chi connectivity index (χ1n) is 6.53. The minimum atomic E-state index is -0.530. The molecule has 116 valence electrons. The number of aromatic nitrogens is 1. The number of carbonyl (C=O) groups is 2. The van der Waals surface area contributed by atoms with Crippen LogP contribution in [0, 0.1) is 0 Å². The van der Waals surface area contributed by atoms with Crippen molar-refractivity contribution in [1.29, 1.82) is 0 Å². The van der Waals surface area contributed by atoms with Crippen molar-refractivity contribution in [2.75, 3.05) is 20.1 Å². The lowest BCUT2D eigenvalue weighted by atomic mass is 10.2. The second-order valence-corrected chi connectivity index (χ2v) is 6.34. The molecule has 0 saturated heterocycles. The van der Waals surface area contributed by atoms with Crippen molar-refractivity contribution in [3.05, 3.63) is 28.5 Å². The molecule has 7 heteroatoms. The number of nitrogens with zero attached hydrogens (tertiary/aromatic N) is 2. The third-order valence-electron chi connectivity index (χ3n) is 2.43. The molecule has 1 aromatic heterocycles. The van der Waals surface area contributed by atoms with Gasteiger partial charge in [0.2, 0.25) is 0 Å². The Morgan fingerprint density at radius 1 is 1.43 bits per heavy atom. The fraction of sp³-hybridized carbons (Fsp3) is 0.500. The van der Waals surface area contributed by atoms with Crippen LogP contribution < -0.4 is 5.32 Å². The monoisotopic (exact) mass is 357 g/mol. The summed E-state index contributed by atoms with van der Waals surface area (Å²) in [7, 11) is 1.63. The molecule has 2 amide bonds. The van der Waals surface area contributed by atoms with Crippen LogP contribution in [0.2, 0.25) is 0 Å². The molecule has 0 atom stereocenters. The van der Waals surface area contributed by atoms with E-state index >= 15 is 0 Å². The molecular formula is C14H20BrN3O3. The highest BCUT2D eigenvalue weighted by Gasteiger charge is 2.19. The maximum Gasteiger partial charge on any atom is 0.410 e. The normalized spacial score (nSPS) is 10.9. The molecule has 0 bridgehead atoms. The Balaban J connectivity index is 2.39. The average Bonchev–Trinajstić information content (AvgIpc) is 2.36. The highest BCUT2D eigenvalue weighted by atomic mass is 79.9. The summed E-state index contributed by atoms with van der Waals surface area (Å²) in [5.41, 5.74) is -0.0189. The Morgan fingerprint density at radius 2 is 2.10 bits per heavy atom. The van der Waals surface area contributed by atoms with Crippen molar-refractivity contribution in [3.63, 3.8) is 0 Å². The van der Waals surface area contributed by atoms with Crippen LogP contribution in [-0.2, 0) is 4.74 Å². The van der Waals surface area contributed by atoms with Gasteiger partial charge in [-0.3, -0.25) is 4.79 Å². The molecule has 0 radical (unpaired) electrons. The standard InChI is InChI=1S/C14H20BrN3O3/c1-14(2,3)21-13(20)18(4)8-7-17-12(19)10-5-6-16-11(15)9-10/h5-6,9H,7-8H2,1-4H3,(H,17,19). The van der Waals surface area contributed by atoms with E-state index < -0.39 is 11.7 Å². The Kier molecular flexibility index (Phi) is 6.14. The first-order valence-corrected chi connectivity index (χ1v) is 7.32. The number of ether oxygens (including phenoxy) is 1. The van der Waals surface area contributed by atoms with Crippen LogP contribution in [0.25, 0.3) is 0 Å². The zero-order chi connectivity index (χ0) is 16.0. The number of amides is 2. The third-order valence-corrected chi connectivity index (χ3v) is 2.86. The number of hydrogen-bond acceptors (Lipinski definition) is 4. The van der Waals surface area contributed by atoms with E-state index in [1.54, 1.807) is 25.4 Å². The van der Waals surface area contributed by atoms with Gasteiger partial charge in [0.05, 0.1) is 0 Å². The number of rotatable bonds is 4. The molecule has 0 aliphatic rings. The summed E-state index contributed by atoms with van der Waals surface area (Å²) in [6.07, 6.45) is 1.13. The van der Waals surface area contributed by atoms with Gasteiger partial charge < -0.3 is 15.0 Å². The lowest BCUT2D eigenvalue weighted by Gasteiger charge is -2.24. The molecule has 0 unspecified atom stereocenters. The minimum absolute atomic E-state index is 0.212. The van der Waals surface area contributed by atoms with Crippen LogP contribution >= 0.6 is 15.9 Å². The molecule has 0 aromatic carbocycles. The molecule has 6 nitrogen and oxygen atoms in total. The summed E-state index contributed by atoms with van der Waals surface area (Å²) in [6.45, 7) is 6.13. The van der Waals surface area contributed by atoms with Crippen LogP contribution in [0.15, 0.2) is 22.9 Å². The summed E-state index contributed by atoms with van der Waals surface area (Å²) < 4.78 is 5.82. The topological polar surface area (TPSA) is 71.5 Å². The van der Waals surface area contributed by atoms with Gasteiger partial charge in [0.25, 0.3) is 5.91 Å². The summed E-state index contributed by atoms with van der Waals surface area (Å²) in [6, 6.07) is 3.25. The zero-order valence-corrected chi connectivity index (χ0v) is 14.2. The van der Waals surface area contributed by atoms with Crippen molar-refractivity contribution in [2.24, 2.45) is 0 Å². The van der Waals surface area contributed by atoms with Gasteiger partial charge >= 0.3 is 6.09 Å². The van der Waals surface area contributed by atoms with E-state index in [2.05, 4.69) is 26.2 Å². The summed E-state index contributed by atoms with van der Waals surface area (Å²) in [4.78, 5) is 29.0. The Hall–Kier alpha value is -1.63. The Labute approximate surface area is 133 Å².